The molecule has 0 saturated carbocycles. The topological polar surface area (TPSA) is 81.5 Å². The number of nitrogens with one attached hydrogen (secondary N) is 1. The number of nitro groups is 1. The first-order chi connectivity index (χ1) is 12.5. The van der Waals surface area contributed by atoms with Gasteiger partial charge in [0.2, 0.25) is 5.91 Å². The molecule has 132 valence electrons. The third kappa shape index (κ3) is 4.16. The molecule has 0 fully saturated rings. The van der Waals surface area contributed by atoms with Crippen molar-refractivity contribution in [3.63, 3.8) is 0 Å². The van der Waals surface area contributed by atoms with Crippen molar-refractivity contribution >= 4 is 22.4 Å². The van der Waals surface area contributed by atoms with Gasteiger partial charge in [0.15, 0.2) is 0 Å². The minimum absolute atomic E-state index is 0.0157. The highest BCUT2D eigenvalue weighted by molar-refractivity contribution is 5.85. The Labute approximate surface area is 150 Å². The number of fused-ring (bicyclic) bond motifs is 1. The molecule has 0 spiro atoms. The van der Waals surface area contributed by atoms with Crippen molar-refractivity contribution < 1.29 is 14.5 Å². The third-order valence-corrected chi connectivity index (χ3v) is 4.11. The summed E-state index contributed by atoms with van der Waals surface area (Å²) in [7, 11) is 1.63. The molecule has 3 rings (SSSR count). The fourth-order valence-corrected chi connectivity index (χ4v) is 2.69. The van der Waals surface area contributed by atoms with Crippen molar-refractivity contribution in [1.82, 2.24) is 5.32 Å². The predicted octanol–water partition coefficient (Wildman–Crippen LogP) is 3.62. The molecule has 0 aliphatic carbocycles. The molecule has 0 unspecified atom stereocenters. The smallest absolute Gasteiger partial charge is 0.269 e. The van der Waals surface area contributed by atoms with E-state index in [1.165, 1.54) is 12.1 Å². The van der Waals surface area contributed by atoms with Crippen LogP contribution in [-0.4, -0.2) is 17.9 Å². The number of non-ortho nitro benzene ring substituents is 1. The van der Waals surface area contributed by atoms with Gasteiger partial charge in [0.25, 0.3) is 5.69 Å². The van der Waals surface area contributed by atoms with Crippen LogP contribution in [0, 0.1) is 10.1 Å². The van der Waals surface area contributed by atoms with Gasteiger partial charge in [-0.15, -0.1) is 0 Å². The lowest BCUT2D eigenvalue weighted by molar-refractivity contribution is -0.384. The summed E-state index contributed by atoms with van der Waals surface area (Å²) in [4.78, 5) is 22.3. The molecule has 0 atom stereocenters. The Morgan fingerprint density at radius 2 is 1.65 bits per heavy atom. The molecule has 0 bridgehead atoms. The summed E-state index contributed by atoms with van der Waals surface area (Å²) in [5, 5.41) is 15.7. The van der Waals surface area contributed by atoms with E-state index in [0.717, 1.165) is 27.6 Å². The average molecular weight is 350 g/mol. The quantitative estimate of drug-likeness (QED) is 0.544. The van der Waals surface area contributed by atoms with Crippen molar-refractivity contribution in [2.75, 3.05) is 7.11 Å². The summed E-state index contributed by atoms with van der Waals surface area (Å²) < 4.78 is 5.21. The minimum atomic E-state index is -0.459. The molecule has 1 N–H and O–H groups in total. The highest BCUT2D eigenvalue weighted by Crippen LogP contribution is 2.21. The van der Waals surface area contributed by atoms with Gasteiger partial charge in [-0.2, -0.15) is 0 Å². The number of ether oxygens (including phenoxy) is 1. The van der Waals surface area contributed by atoms with Crippen molar-refractivity contribution in [1.29, 1.82) is 0 Å². The lowest BCUT2D eigenvalue weighted by Crippen LogP contribution is -2.24. The largest absolute Gasteiger partial charge is 0.497 e. The van der Waals surface area contributed by atoms with Crippen molar-refractivity contribution in [3.05, 3.63) is 81.9 Å². The Kier molecular flexibility index (Phi) is 5.12. The molecule has 6 nitrogen and oxygen atoms in total. The number of carbonyl (C=O) groups is 1. The van der Waals surface area contributed by atoms with Gasteiger partial charge in [0.05, 0.1) is 18.5 Å². The molecule has 0 aliphatic heterocycles. The van der Waals surface area contributed by atoms with Crippen molar-refractivity contribution in [2.45, 2.75) is 13.0 Å². The van der Waals surface area contributed by atoms with Gasteiger partial charge < -0.3 is 10.1 Å². The van der Waals surface area contributed by atoms with Crippen LogP contribution < -0.4 is 10.1 Å². The maximum absolute atomic E-state index is 12.1. The number of benzene rings is 3. The highest BCUT2D eigenvalue weighted by Gasteiger charge is 2.07. The Morgan fingerprint density at radius 1 is 1.00 bits per heavy atom. The zero-order chi connectivity index (χ0) is 18.5. The van der Waals surface area contributed by atoms with E-state index in [1.807, 2.05) is 36.4 Å². The van der Waals surface area contributed by atoms with Gasteiger partial charge >= 0.3 is 0 Å². The Balaban J connectivity index is 1.60. The van der Waals surface area contributed by atoms with E-state index in [-0.39, 0.29) is 18.0 Å². The zero-order valence-corrected chi connectivity index (χ0v) is 14.3. The molecule has 3 aromatic carbocycles. The first-order valence-corrected chi connectivity index (χ1v) is 8.12. The lowest BCUT2D eigenvalue weighted by Gasteiger charge is -2.08. The van der Waals surface area contributed by atoms with Crippen LogP contribution in [0.3, 0.4) is 0 Å². The van der Waals surface area contributed by atoms with E-state index in [0.29, 0.717) is 6.54 Å². The second-order valence-electron chi connectivity index (χ2n) is 5.92. The predicted molar refractivity (Wildman–Crippen MR) is 99.1 cm³/mol. The maximum atomic E-state index is 12.1. The number of carbonyl (C=O) groups excluding carboxylic acids is 1. The summed E-state index contributed by atoms with van der Waals surface area (Å²) in [6, 6.07) is 17.8. The van der Waals surface area contributed by atoms with Crippen molar-refractivity contribution in [3.8, 4) is 5.75 Å². The molecule has 0 saturated heterocycles. The fraction of sp³-hybridized carbons (Fsp3) is 0.150. The van der Waals surface area contributed by atoms with Crippen LogP contribution in [0.1, 0.15) is 11.1 Å². The number of methoxy groups -OCH3 is 1. The highest BCUT2D eigenvalue weighted by atomic mass is 16.6. The minimum Gasteiger partial charge on any atom is -0.497 e. The molecule has 0 aromatic heterocycles. The fourth-order valence-electron chi connectivity index (χ4n) is 2.69. The molecule has 26 heavy (non-hydrogen) atoms. The van der Waals surface area contributed by atoms with Gasteiger partial charge in [-0.1, -0.05) is 30.3 Å². The van der Waals surface area contributed by atoms with E-state index in [9.17, 15) is 14.9 Å². The van der Waals surface area contributed by atoms with E-state index >= 15 is 0 Å². The van der Waals surface area contributed by atoms with E-state index in [2.05, 4.69) is 5.32 Å². The number of amides is 1. The molecule has 0 heterocycles. The Hall–Kier alpha value is -3.41. The summed E-state index contributed by atoms with van der Waals surface area (Å²) in [6.45, 7) is 0.424. The van der Waals surface area contributed by atoms with E-state index in [1.54, 1.807) is 19.2 Å². The normalized spacial score (nSPS) is 10.5. The second-order valence-corrected chi connectivity index (χ2v) is 5.92. The van der Waals surface area contributed by atoms with Gasteiger partial charge in [0, 0.05) is 18.7 Å². The van der Waals surface area contributed by atoms with Gasteiger partial charge in [-0.25, -0.2) is 0 Å². The summed E-state index contributed by atoms with van der Waals surface area (Å²) in [5.41, 5.74) is 1.75. The number of nitro benzene ring substituents is 1. The van der Waals surface area contributed by atoms with Crippen LogP contribution in [0.25, 0.3) is 10.8 Å². The average Bonchev–Trinajstić information content (AvgIpc) is 2.66. The Bertz CT molecular complexity index is 952. The monoisotopic (exact) mass is 350 g/mol. The number of rotatable bonds is 6. The van der Waals surface area contributed by atoms with Gasteiger partial charge in [0.1, 0.15) is 5.75 Å². The summed E-state index contributed by atoms with van der Waals surface area (Å²) in [5.74, 6) is 0.676. The molecule has 3 aromatic rings. The Morgan fingerprint density at radius 3 is 2.35 bits per heavy atom. The standard InChI is InChI=1S/C20H18N2O4/c1-26-19-9-6-16-10-15(2-5-17(16)12-19)13-21-20(23)11-14-3-7-18(8-4-14)22(24)25/h2-10,12H,11,13H2,1H3,(H,21,23). The van der Waals surface area contributed by atoms with Crippen LogP contribution in [0.4, 0.5) is 5.69 Å². The molecular formula is C20H18N2O4. The molecule has 1 amide bonds. The van der Waals surface area contributed by atoms with Gasteiger partial charge in [-0.05, 0) is 40.1 Å². The van der Waals surface area contributed by atoms with Crippen molar-refractivity contribution in [2.24, 2.45) is 0 Å². The third-order valence-electron chi connectivity index (χ3n) is 4.11. The van der Waals surface area contributed by atoms with Crippen LogP contribution in [0.5, 0.6) is 5.75 Å². The number of hydrogen-bond donors (Lipinski definition) is 1. The number of nitrogens with zero attached hydrogens (tertiary/aromatic N) is 1. The summed E-state index contributed by atoms with van der Waals surface area (Å²) >= 11 is 0. The maximum Gasteiger partial charge on any atom is 0.269 e. The van der Waals surface area contributed by atoms with Gasteiger partial charge in [-0.3, -0.25) is 14.9 Å². The van der Waals surface area contributed by atoms with Crippen LogP contribution in [0.2, 0.25) is 0 Å². The van der Waals surface area contributed by atoms with Crippen LogP contribution in [-0.2, 0) is 17.8 Å². The first kappa shape index (κ1) is 17.4. The zero-order valence-electron chi connectivity index (χ0n) is 14.3. The molecular weight excluding hydrogens is 332 g/mol. The first-order valence-electron chi connectivity index (χ1n) is 8.12. The molecule has 0 aliphatic rings. The van der Waals surface area contributed by atoms with E-state index < -0.39 is 4.92 Å². The molecule has 6 heteroatoms. The van der Waals surface area contributed by atoms with Crippen LogP contribution >= 0.6 is 0 Å². The van der Waals surface area contributed by atoms with Crippen LogP contribution in [0.15, 0.2) is 60.7 Å². The second kappa shape index (κ2) is 7.65. The SMILES string of the molecule is COc1ccc2cc(CNC(=O)Cc3ccc([N+](=O)[O-])cc3)ccc2c1. The van der Waals surface area contributed by atoms with E-state index in [4.69, 9.17) is 4.74 Å². The number of hydrogen-bond acceptors (Lipinski definition) is 4. The molecule has 0 radical (unpaired) electrons. The summed E-state index contributed by atoms with van der Waals surface area (Å²) in [6.07, 6.45) is 0.183. The lowest BCUT2D eigenvalue weighted by atomic mass is 10.1.